The standard InChI is InChI=1S/C24H29FN2O4/c1-24(2,3)31-23(29)27-20(13-14-21(27)22(28)26-4)16-9-11-18(12-10-16)30-15-17-7-5-6-8-19(17)25/h5-12,20-21H,13-15H2,1-4H3,(H,26,28)/t20-,21+/m1/s1. The van der Waals surface area contributed by atoms with Gasteiger partial charge in [0.2, 0.25) is 5.91 Å². The highest BCUT2D eigenvalue weighted by Crippen LogP contribution is 2.38. The Labute approximate surface area is 182 Å². The molecule has 1 saturated heterocycles. The molecule has 7 heteroatoms. The second-order valence-electron chi connectivity index (χ2n) is 8.56. The third kappa shape index (κ3) is 5.54. The SMILES string of the molecule is CNC(=O)[C@@H]1CC[C@H](c2ccc(OCc3ccccc3F)cc2)N1C(=O)OC(C)(C)C. The van der Waals surface area contributed by atoms with Gasteiger partial charge < -0.3 is 14.8 Å². The van der Waals surface area contributed by atoms with Crippen molar-refractivity contribution in [3.63, 3.8) is 0 Å². The molecule has 1 N–H and O–H groups in total. The summed E-state index contributed by atoms with van der Waals surface area (Å²) in [5.41, 5.74) is 0.699. The van der Waals surface area contributed by atoms with E-state index in [4.69, 9.17) is 9.47 Å². The van der Waals surface area contributed by atoms with Crippen molar-refractivity contribution in [2.45, 2.75) is 57.9 Å². The van der Waals surface area contributed by atoms with Crippen LogP contribution in [0.5, 0.6) is 5.75 Å². The fourth-order valence-corrected chi connectivity index (χ4v) is 3.69. The highest BCUT2D eigenvalue weighted by molar-refractivity contribution is 5.86. The van der Waals surface area contributed by atoms with Crippen molar-refractivity contribution in [2.24, 2.45) is 0 Å². The normalized spacial score (nSPS) is 18.5. The molecule has 166 valence electrons. The number of carbonyl (C=O) groups is 2. The number of nitrogens with one attached hydrogen (secondary N) is 1. The zero-order chi connectivity index (χ0) is 22.6. The number of halogens is 1. The predicted molar refractivity (Wildman–Crippen MR) is 115 cm³/mol. The van der Waals surface area contributed by atoms with Crippen molar-refractivity contribution >= 4 is 12.0 Å². The van der Waals surface area contributed by atoms with Gasteiger partial charge in [0.1, 0.15) is 29.8 Å². The molecule has 31 heavy (non-hydrogen) atoms. The van der Waals surface area contributed by atoms with Crippen molar-refractivity contribution in [1.82, 2.24) is 10.2 Å². The molecule has 0 aromatic heterocycles. The number of likely N-dealkylation sites (N-methyl/N-ethyl adjacent to an activating group) is 1. The summed E-state index contributed by atoms with van der Waals surface area (Å²) in [5.74, 6) is 0.0770. The predicted octanol–water partition coefficient (Wildman–Crippen LogP) is 4.59. The molecule has 2 amide bonds. The van der Waals surface area contributed by atoms with Gasteiger partial charge in [0.05, 0.1) is 6.04 Å². The fourth-order valence-electron chi connectivity index (χ4n) is 3.69. The van der Waals surface area contributed by atoms with Crippen molar-refractivity contribution in [3.05, 3.63) is 65.5 Å². The first-order valence-corrected chi connectivity index (χ1v) is 10.4. The lowest BCUT2D eigenvalue weighted by atomic mass is 10.0. The first-order chi connectivity index (χ1) is 14.7. The third-order valence-electron chi connectivity index (χ3n) is 5.16. The molecule has 1 aliphatic rings. The van der Waals surface area contributed by atoms with Crippen LogP contribution in [-0.2, 0) is 16.1 Å². The van der Waals surface area contributed by atoms with Crippen molar-refractivity contribution in [1.29, 1.82) is 0 Å². The van der Waals surface area contributed by atoms with E-state index < -0.39 is 17.7 Å². The van der Waals surface area contributed by atoms with E-state index in [1.54, 1.807) is 58.2 Å². The third-order valence-corrected chi connectivity index (χ3v) is 5.16. The Morgan fingerprint density at radius 2 is 1.77 bits per heavy atom. The monoisotopic (exact) mass is 428 g/mol. The van der Waals surface area contributed by atoms with Crippen LogP contribution >= 0.6 is 0 Å². The molecule has 0 aliphatic carbocycles. The summed E-state index contributed by atoms with van der Waals surface area (Å²) in [6.07, 6.45) is 0.686. The van der Waals surface area contributed by atoms with Gasteiger partial charge in [0.15, 0.2) is 0 Å². The van der Waals surface area contributed by atoms with Crippen LogP contribution in [0.15, 0.2) is 48.5 Å². The van der Waals surface area contributed by atoms with Gasteiger partial charge in [0, 0.05) is 12.6 Å². The largest absolute Gasteiger partial charge is 0.489 e. The lowest BCUT2D eigenvalue weighted by molar-refractivity contribution is -0.125. The highest BCUT2D eigenvalue weighted by Gasteiger charge is 2.43. The van der Waals surface area contributed by atoms with Crippen LogP contribution in [0.2, 0.25) is 0 Å². The van der Waals surface area contributed by atoms with E-state index in [-0.39, 0.29) is 24.4 Å². The number of amides is 2. The molecule has 3 rings (SSSR count). The van der Waals surface area contributed by atoms with E-state index in [0.29, 0.717) is 24.2 Å². The Hall–Kier alpha value is -3.09. The van der Waals surface area contributed by atoms with E-state index in [9.17, 15) is 14.0 Å². The van der Waals surface area contributed by atoms with E-state index in [1.807, 2.05) is 12.1 Å². The first-order valence-electron chi connectivity index (χ1n) is 10.4. The minimum absolute atomic E-state index is 0.123. The minimum Gasteiger partial charge on any atom is -0.489 e. The van der Waals surface area contributed by atoms with Gasteiger partial charge >= 0.3 is 6.09 Å². The van der Waals surface area contributed by atoms with E-state index >= 15 is 0 Å². The molecule has 0 radical (unpaired) electrons. The quantitative estimate of drug-likeness (QED) is 0.756. The number of carbonyl (C=O) groups excluding carboxylic acids is 2. The van der Waals surface area contributed by atoms with Crippen LogP contribution in [0, 0.1) is 5.82 Å². The molecule has 0 unspecified atom stereocenters. The Bertz CT molecular complexity index is 924. The summed E-state index contributed by atoms with van der Waals surface area (Å²) >= 11 is 0. The highest BCUT2D eigenvalue weighted by atomic mass is 19.1. The number of hydrogen-bond acceptors (Lipinski definition) is 4. The maximum Gasteiger partial charge on any atom is 0.411 e. The molecular weight excluding hydrogens is 399 g/mol. The van der Waals surface area contributed by atoms with Gasteiger partial charge in [0.25, 0.3) is 0 Å². The smallest absolute Gasteiger partial charge is 0.411 e. The summed E-state index contributed by atoms with van der Waals surface area (Å²) in [6, 6.07) is 12.9. The Morgan fingerprint density at radius 3 is 2.39 bits per heavy atom. The van der Waals surface area contributed by atoms with Crippen LogP contribution in [-0.4, -0.2) is 35.6 Å². The van der Waals surface area contributed by atoms with Crippen LogP contribution in [0.3, 0.4) is 0 Å². The number of ether oxygens (including phenoxy) is 2. The lowest BCUT2D eigenvalue weighted by Gasteiger charge is -2.32. The van der Waals surface area contributed by atoms with E-state index in [1.165, 1.54) is 11.0 Å². The Kier molecular flexibility index (Phi) is 6.83. The molecule has 0 spiro atoms. The van der Waals surface area contributed by atoms with Crippen LogP contribution in [0.25, 0.3) is 0 Å². The number of hydrogen-bond donors (Lipinski definition) is 1. The zero-order valence-electron chi connectivity index (χ0n) is 18.4. The van der Waals surface area contributed by atoms with Gasteiger partial charge in [-0.25, -0.2) is 9.18 Å². The molecular formula is C24H29FN2O4. The molecule has 2 aromatic rings. The molecule has 2 aromatic carbocycles. The van der Waals surface area contributed by atoms with Crippen LogP contribution in [0.1, 0.15) is 50.8 Å². The molecule has 1 aliphatic heterocycles. The van der Waals surface area contributed by atoms with Gasteiger partial charge in [-0.2, -0.15) is 0 Å². The van der Waals surface area contributed by atoms with Crippen molar-refractivity contribution in [2.75, 3.05) is 7.05 Å². The van der Waals surface area contributed by atoms with Gasteiger partial charge in [-0.3, -0.25) is 9.69 Å². The summed E-state index contributed by atoms with van der Waals surface area (Å²) in [5, 5.41) is 2.63. The average Bonchev–Trinajstić information content (AvgIpc) is 3.17. The lowest BCUT2D eigenvalue weighted by Crippen LogP contribution is -2.47. The molecule has 2 atom stereocenters. The number of nitrogens with zero attached hydrogens (tertiary/aromatic N) is 1. The maximum absolute atomic E-state index is 13.8. The van der Waals surface area contributed by atoms with Gasteiger partial charge in [-0.1, -0.05) is 30.3 Å². The summed E-state index contributed by atoms with van der Waals surface area (Å²) in [6.45, 7) is 5.52. The topological polar surface area (TPSA) is 67.9 Å². The van der Waals surface area contributed by atoms with Crippen LogP contribution < -0.4 is 10.1 Å². The maximum atomic E-state index is 13.8. The molecule has 6 nitrogen and oxygen atoms in total. The second-order valence-corrected chi connectivity index (χ2v) is 8.56. The van der Waals surface area contributed by atoms with E-state index in [0.717, 1.165) is 5.56 Å². The summed E-state index contributed by atoms with van der Waals surface area (Å²) in [7, 11) is 1.56. The molecule has 0 bridgehead atoms. The molecule has 1 fully saturated rings. The average molecular weight is 429 g/mol. The molecule has 0 saturated carbocycles. The van der Waals surface area contributed by atoms with Gasteiger partial charge in [-0.15, -0.1) is 0 Å². The van der Waals surface area contributed by atoms with Gasteiger partial charge in [-0.05, 0) is 57.4 Å². The number of benzene rings is 2. The summed E-state index contributed by atoms with van der Waals surface area (Å²) < 4.78 is 25.0. The second kappa shape index (κ2) is 9.37. The van der Waals surface area contributed by atoms with Crippen molar-refractivity contribution < 1.29 is 23.5 Å². The summed E-state index contributed by atoms with van der Waals surface area (Å²) in [4.78, 5) is 26.8. The van der Waals surface area contributed by atoms with Crippen LogP contribution in [0.4, 0.5) is 9.18 Å². The first kappa shape index (κ1) is 22.6. The number of likely N-dealkylation sites (tertiary alicyclic amines) is 1. The Balaban J connectivity index is 1.75. The Morgan fingerprint density at radius 1 is 1.10 bits per heavy atom. The molecule has 1 heterocycles. The van der Waals surface area contributed by atoms with E-state index in [2.05, 4.69) is 5.32 Å². The fraction of sp³-hybridized carbons (Fsp3) is 0.417. The minimum atomic E-state index is -0.665. The number of rotatable bonds is 5. The zero-order valence-corrected chi connectivity index (χ0v) is 18.4. The van der Waals surface area contributed by atoms with Crippen molar-refractivity contribution in [3.8, 4) is 5.75 Å².